The Hall–Kier alpha value is -2.80. The number of methoxy groups -OCH3 is 1. The Morgan fingerprint density at radius 1 is 1.02 bits per heavy atom. The van der Waals surface area contributed by atoms with Crippen molar-refractivity contribution in [3.8, 4) is 0 Å². The summed E-state index contributed by atoms with van der Waals surface area (Å²) in [6.45, 7) is 11.3. The van der Waals surface area contributed by atoms with Crippen LogP contribution in [0.2, 0.25) is 0 Å². The minimum atomic E-state index is -1.49. The topological polar surface area (TPSA) is 206 Å². The maximum atomic E-state index is 13.2. The molecule has 16 atom stereocenters. The first-order chi connectivity index (χ1) is 26.3. The molecule has 16 nitrogen and oxygen atoms in total. The van der Waals surface area contributed by atoms with Gasteiger partial charge < -0.3 is 62.9 Å². The monoisotopic (exact) mass is 799 g/mol. The van der Waals surface area contributed by atoms with E-state index in [0.29, 0.717) is 12.7 Å². The zero-order valence-corrected chi connectivity index (χ0v) is 34.5. The second-order valence-electron chi connectivity index (χ2n) is 15.7. The van der Waals surface area contributed by atoms with Crippen molar-refractivity contribution < 1.29 is 72.4 Å². The smallest absolute Gasteiger partial charge is 0.309 e. The van der Waals surface area contributed by atoms with Crippen molar-refractivity contribution in [2.24, 2.45) is 11.8 Å². The van der Waals surface area contributed by atoms with E-state index >= 15 is 0 Å². The van der Waals surface area contributed by atoms with Crippen LogP contribution in [0.25, 0.3) is 0 Å². The van der Waals surface area contributed by atoms with E-state index in [2.05, 4.69) is 0 Å². The van der Waals surface area contributed by atoms with Crippen LogP contribution in [0.5, 0.6) is 0 Å². The van der Waals surface area contributed by atoms with Gasteiger partial charge in [0.15, 0.2) is 18.7 Å². The molecule has 16 heteroatoms. The van der Waals surface area contributed by atoms with Crippen molar-refractivity contribution in [3.63, 3.8) is 0 Å². The molecule has 3 aliphatic rings. The number of esters is 3. The van der Waals surface area contributed by atoms with Crippen molar-refractivity contribution in [2.45, 2.75) is 172 Å². The number of rotatable bonds is 11. The lowest BCUT2D eigenvalue weighted by Crippen LogP contribution is -2.66. The highest BCUT2D eigenvalue weighted by Gasteiger charge is 2.53. The van der Waals surface area contributed by atoms with Gasteiger partial charge in [0.2, 0.25) is 0 Å². The molecule has 3 heterocycles. The number of aldehydes is 1. The van der Waals surface area contributed by atoms with Gasteiger partial charge in [-0.1, -0.05) is 38.2 Å². The Bertz CT molecular complexity index is 1340. The van der Waals surface area contributed by atoms with Gasteiger partial charge in [-0.2, -0.15) is 0 Å². The first kappa shape index (κ1) is 47.6. The fraction of sp³-hybridized carbons (Fsp3) is 0.800. The summed E-state index contributed by atoms with van der Waals surface area (Å²) in [7, 11) is 4.85. The fourth-order valence-corrected chi connectivity index (χ4v) is 7.78. The van der Waals surface area contributed by atoms with E-state index in [4.69, 9.17) is 37.9 Å². The van der Waals surface area contributed by atoms with Crippen molar-refractivity contribution in [1.29, 1.82) is 0 Å². The highest BCUT2D eigenvalue weighted by molar-refractivity contribution is 5.72. The molecule has 2 fully saturated rings. The third-order valence-electron chi connectivity index (χ3n) is 10.6. The van der Waals surface area contributed by atoms with Crippen molar-refractivity contribution in [3.05, 3.63) is 24.3 Å². The van der Waals surface area contributed by atoms with E-state index in [1.54, 1.807) is 77.9 Å². The van der Waals surface area contributed by atoms with E-state index in [-0.39, 0.29) is 25.7 Å². The van der Waals surface area contributed by atoms with Crippen LogP contribution >= 0.6 is 0 Å². The van der Waals surface area contributed by atoms with Crippen LogP contribution in [-0.2, 0) is 57.1 Å². The van der Waals surface area contributed by atoms with Crippen LogP contribution in [0.15, 0.2) is 24.3 Å². The summed E-state index contributed by atoms with van der Waals surface area (Å²) >= 11 is 0. The number of nitrogens with zero attached hydrogens (tertiary/aromatic N) is 1. The lowest BCUT2D eigenvalue weighted by molar-refractivity contribution is -0.344. The number of ether oxygens (including phenoxy) is 8. The van der Waals surface area contributed by atoms with Gasteiger partial charge in [0.25, 0.3) is 0 Å². The van der Waals surface area contributed by atoms with Gasteiger partial charge in [0.1, 0.15) is 42.4 Å². The molecular formula is C40H65NO15. The fourth-order valence-electron chi connectivity index (χ4n) is 7.78. The maximum Gasteiger partial charge on any atom is 0.309 e. The second kappa shape index (κ2) is 21.8. The SMILES string of the molecule is CCC(=O)O[C@H]1[C@H](C)O[C@@H](O[C@H]2[C@H](N(C)C)[C@@H](O)C(O[C@H]3[C@@H](CC=O)C[C@@H](C)[C@@H](O)/C=C/C=C/C[C@@H](C)OC(=O)C[C@H](OC(C)=O)[C@@H]3OC)O[C@@H]2C)C[C@@]1(C)O. The minimum Gasteiger partial charge on any atom is -0.462 e. The molecule has 3 N–H and O–H groups in total. The molecule has 0 aromatic carbocycles. The maximum absolute atomic E-state index is 13.2. The summed E-state index contributed by atoms with van der Waals surface area (Å²) in [6.07, 6.45) is -4.12. The lowest BCUT2D eigenvalue weighted by Gasteiger charge is -2.50. The van der Waals surface area contributed by atoms with Crippen molar-refractivity contribution in [2.75, 3.05) is 21.2 Å². The van der Waals surface area contributed by atoms with E-state index in [0.717, 1.165) is 0 Å². The first-order valence-electron chi connectivity index (χ1n) is 19.6. The highest BCUT2D eigenvalue weighted by atomic mass is 16.7. The molecule has 3 rings (SSSR count). The molecule has 0 bridgehead atoms. The van der Waals surface area contributed by atoms with Crippen LogP contribution in [-0.4, -0.2) is 151 Å². The largest absolute Gasteiger partial charge is 0.462 e. The van der Waals surface area contributed by atoms with Crippen molar-refractivity contribution in [1.82, 2.24) is 4.90 Å². The normalized spacial score (nSPS) is 41.6. The Labute approximate surface area is 330 Å². The van der Waals surface area contributed by atoms with Crippen molar-refractivity contribution >= 4 is 24.2 Å². The second-order valence-corrected chi connectivity index (χ2v) is 15.7. The number of carbonyl (C=O) groups is 4. The van der Waals surface area contributed by atoms with Gasteiger partial charge in [-0.25, -0.2) is 0 Å². The number of aliphatic hydroxyl groups is 3. The Morgan fingerprint density at radius 3 is 2.30 bits per heavy atom. The lowest BCUT2D eigenvalue weighted by atomic mass is 9.82. The summed E-state index contributed by atoms with van der Waals surface area (Å²) in [5.41, 5.74) is -1.49. The number of aliphatic hydroxyl groups excluding tert-OH is 2. The van der Waals surface area contributed by atoms with E-state index < -0.39 is 121 Å². The predicted octanol–water partition coefficient (Wildman–Crippen LogP) is 2.38. The van der Waals surface area contributed by atoms with E-state index in [9.17, 15) is 34.5 Å². The molecule has 1 unspecified atom stereocenters. The van der Waals surface area contributed by atoms with Crippen LogP contribution in [0, 0.1) is 11.8 Å². The van der Waals surface area contributed by atoms with Crippen LogP contribution in [0.4, 0.5) is 0 Å². The summed E-state index contributed by atoms with van der Waals surface area (Å²) in [5, 5.41) is 34.4. The quantitative estimate of drug-likeness (QED) is 0.156. The highest BCUT2D eigenvalue weighted by Crippen LogP contribution is 2.37. The Kier molecular flexibility index (Phi) is 18.5. The number of likely N-dealkylation sites (N-methyl/N-ethyl adjacent to an activating group) is 1. The molecule has 0 amide bonds. The molecule has 3 aliphatic heterocycles. The zero-order chi connectivity index (χ0) is 41.9. The third kappa shape index (κ3) is 13.1. The molecule has 0 aromatic rings. The molecule has 56 heavy (non-hydrogen) atoms. The van der Waals surface area contributed by atoms with Crippen LogP contribution < -0.4 is 0 Å². The van der Waals surface area contributed by atoms with Gasteiger partial charge in [-0.15, -0.1) is 0 Å². The number of hydrogen-bond acceptors (Lipinski definition) is 16. The molecule has 2 saturated heterocycles. The van der Waals surface area contributed by atoms with Gasteiger partial charge in [0.05, 0.1) is 36.9 Å². The molecule has 0 aliphatic carbocycles. The molecule has 0 spiro atoms. The van der Waals surface area contributed by atoms with Gasteiger partial charge in [0, 0.05) is 39.7 Å². The summed E-state index contributed by atoms with van der Waals surface area (Å²) in [6, 6.07) is -0.778. The summed E-state index contributed by atoms with van der Waals surface area (Å²) in [5.74, 6) is -2.92. The van der Waals surface area contributed by atoms with Crippen LogP contribution in [0.3, 0.4) is 0 Å². The predicted molar refractivity (Wildman–Crippen MR) is 201 cm³/mol. The van der Waals surface area contributed by atoms with Gasteiger partial charge >= 0.3 is 17.9 Å². The molecule has 0 saturated carbocycles. The average Bonchev–Trinajstić information content (AvgIpc) is 3.09. The Morgan fingerprint density at radius 2 is 1.71 bits per heavy atom. The number of allylic oxidation sites excluding steroid dienone is 2. The average molecular weight is 800 g/mol. The zero-order valence-electron chi connectivity index (χ0n) is 34.5. The van der Waals surface area contributed by atoms with E-state index in [1.807, 2.05) is 6.92 Å². The number of carbonyl (C=O) groups excluding carboxylic acids is 4. The third-order valence-corrected chi connectivity index (χ3v) is 10.6. The molecule has 320 valence electrons. The van der Waals surface area contributed by atoms with Gasteiger partial charge in [-0.05, 0) is 60.0 Å². The Balaban J connectivity index is 2.00. The summed E-state index contributed by atoms with van der Waals surface area (Å²) < 4.78 is 48.2. The molecular weight excluding hydrogens is 734 g/mol. The molecule has 0 radical (unpaired) electrons. The minimum absolute atomic E-state index is 0.0440. The number of cyclic esters (lactones) is 1. The van der Waals surface area contributed by atoms with Gasteiger partial charge in [-0.3, -0.25) is 14.4 Å². The molecule has 0 aromatic heterocycles. The summed E-state index contributed by atoms with van der Waals surface area (Å²) in [4.78, 5) is 51.7. The first-order valence-corrected chi connectivity index (χ1v) is 19.6. The van der Waals surface area contributed by atoms with E-state index in [1.165, 1.54) is 14.0 Å². The number of hydrogen-bond donors (Lipinski definition) is 3. The van der Waals surface area contributed by atoms with Crippen LogP contribution in [0.1, 0.15) is 87.0 Å². The standard InChI is InChI=1S/C40H65NO15/c1-11-30(45)54-38-25(5)51-32(21-40(38,7)48)55-35-24(4)52-39(34(47)33(35)41(8)9)56-36-27(17-18-42)19-22(2)28(44)16-14-12-13-15-23(3)50-31(46)20-29(37(36)49-10)53-26(6)43/h12-14,16,18,22-25,27-29,32-39,44,47-48H,11,15,17,19-21H2,1-10H3/b13-12+,16-14+/t22-,23-,24-,25+,27+,28+,29+,32+,33-,34-,35-,36+,37+,38+,39?,40-/m1/s1.